The molecule has 1 aromatic heterocycles. The van der Waals surface area contributed by atoms with Crippen LogP contribution in [-0.2, 0) is 0 Å². The van der Waals surface area contributed by atoms with Crippen molar-refractivity contribution >= 4 is 22.8 Å². The third kappa shape index (κ3) is 3.60. The average Bonchev–Trinajstić information content (AvgIpc) is 3.06. The zero-order valence-electron chi connectivity index (χ0n) is 12.8. The molecule has 3 aromatic rings. The van der Waals surface area contributed by atoms with Gasteiger partial charge in [-0.2, -0.15) is 15.4 Å². The Kier molecular flexibility index (Phi) is 4.64. The molecule has 7 nitrogen and oxygen atoms in total. The number of nitrogens with one attached hydrogen (secondary N) is 3. The molecule has 0 unspecified atom stereocenters. The van der Waals surface area contributed by atoms with Crippen molar-refractivity contribution in [2.75, 3.05) is 13.1 Å². The molecule has 128 valence electrons. The van der Waals surface area contributed by atoms with E-state index in [1.165, 1.54) is 6.07 Å². The summed E-state index contributed by atoms with van der Waals surface area (Å²) >= 11 is 0. The van der Waals surface area contributed by atoms with Crippen LogP contribution in [0.4, 0.5) is 8.78 Å². The van der Waals surface area contributed by atoms with Crippen molar-refractivity contribution in [2.24, 2.45) is 0 Å². The number of carbonyl (C=O) groups is 2. The maximum Gasteiger partial charge on any atom is 0.257 e. The van der Waals surface area contributed by atoms with Gasteiger partial charge in [-0.1, -0.05) is 6.07 Å². The highest BCUT2D eigenvalue weighted by atomic mass is 19.1. The van der Waals surface area contributed by atoms with E-state index in [0.29, 0.717) is 16.6 Å². The zero-order chi connectivity index (χ0) is 17.8. The van der Waals surface area contributed by atoms with E-state index >= 15 is 0 Å². The lowest BCUT2D eigenvalue weighted by molar-refractivity contribution is 0.0923. The molecule has 0 saturated carbocycles. The summed E-state index contributed by atoms with van der Waals surface area (Å²) < 4.78 is 27.0. The molecule has 0 atom stereocenters. The van der Waals surface area contributed by atoms with Crippen molar-refractivity contribution < 1.29 is 18.4 Å². The summed E-state index contributed by atoms with van der Waals surface area (Å²) in [5.41, 5.74) is 0.921. The highest BCUT2D eigenvalue weighted by Gasteiger charge is 2.16. The Morgan fingerprint density at radius 1 is 0.920 bits per heavy atom. The number of aromatic nitrogens is 3. The molecule has 3 N–H and O–H groups in total. The lowest BCUT2D eigenvalue weighted by Gasteiger charge is -2.08. The number of rotatable bonds is 5. The molecule has 0 aliphatic rings. The smallest absolute Gasteiger partial charge is 0.257 e. The highest BCUT2D eigenvalue weighted by molar-refractivity contribution is 5.97. The summed E-state index contributed by atoms with van der Waals surface area (Å²) in [4.78, 5) is 23.8. The second kappa shape index (κ2) is 7.04. The lowest BCUT2D eigenvalue weighted by Crippen LogP contribution is -2.35. The molecule has 0 aliphatic heterocycles. The normalized spacial score (nSPS) is 10.6. The van der Waals surface area contributed by atoms with Crippen LogP contribution in [0.3, 0.4) is 0 Å². The topological polar surface area (TPSA) is 99.8 Å². The number of fused-ring (bicyclic) bond motifs is 1. The van der Waals surface area contributed by atoms with Crippen LogP contribution in [0.5, 0.6) is 0 Å². The van der Waals surface area contributed by atoms with E-state index in [1.54, 1.807) is 18.2 Å². The number of hydrogen-bond donors (Lipinski definition) is 3. The van der Waals surface area contributed by atoms with Gasteiger partial charge in [0.25, 0.3) is 11.8 Å². The molecule has 3 rings (SSSR count). The highest BCUT2D eigenvalue weighted by Crippen LogP contribution is 2.12. The van der Waals surface area contributed by atoms with Crippen molar-refractivity contribution in [2.45, 2.75) is 0 Å². The first-order valence-electron chi connectivity index (χ1n) is 7.37. The van der Waals surface area contributed by atoms with E-state index in [0.717, 1.165) is 12.1 Å². The van der Waals surface area contributed by atoms with Crippen molar-refractivity contribution in [1.82, 2.24) is 26.0 Å². The molecule has 0 bridgehead atoms. The maximum atomic E-state index is 13.5. The van der Waals surface area contributed by atoms with Crippen LogP contribution in [0.1, 0.15) is 20.7 Å². The van der Waals surface area contributed by atoms with Crippen LogP contribution in [0.25, 0.3) is 11.0 Å². The number of H-pyrrole nitrogens is 1. The summed E-state index contributed by atoms with van der Waals surface area (Å²) in [5, 5.41) is 15.2. The Labute approximate surface area is 140 Å². The number of halogens is 2. The summed E-state index contributed by atoms with van der Waals surface area (Å²) in [5.74, 6) is -3.13. The van der Waals surface area contributed by atoms with Crippen LogP contribution >= 0.6 is 0 Å². The minimum atomic E-state index is -0.942. The molecule has 0 spiro atoms. The molecule has 0 aliphatic carbocycles. The fourth-order valence-electron chi connectivity index (χ4n) is 2.24. The van der Waals surface area contributed by atoms with E-state index < -0.39 is 23.1 Å². The molecule has 2 amide bonds. The van der Waals surface area contributed by atoms with Crippen LogP contribution in [0, 0.1) is 11.6 Å². The molecular formula is C16H13F2N5O2. The number of aromatic amines is 1. The first-order chi connectivity index (χ1) is 12.1. The standard InChI is InChI=1S/C16H13F2N5O2/c17-10-2-1-3-11(18)14(10)16(25)20-7-6-19-15(24)9-4-5-12-13(8-9)22-23-21-12/h1-5,8H,6-7H2,(H,19,24)(H,20,25)(H,21,22,23). The molecule has 1 heterocycles. The van der Waals surface area contributed by atoms with Gasteiger partial charge in [-0.05, 0) is 30.3 Å². The fraction of sp³-hybridized carbons (Fsp3) is 0.125. The number of hydrogen-bond acceptors (Lipinski definition) is 4. The first kappa shape index (κ1) is 16.5. The maximum absolute atomic E-state index is 13.5. The molecule has 2 aromatic carbocycles. The fourth-order valence-corrected chi connectivity index (χ4v) is 2.24. The van der Waals surface area contributed by atoms with E-state index in [1.807, 2.05) is 0 Å². The minimum Gasteiger partial charge on any atom is -0.350 e. The van der Waals surface area contributed by atoms with Gasteiger partial charge in [0.05, 0.1) is 0 Å². The Hall–Kier alpha value is -3.36. The second-order valence-corrected chi connectivity index (χ2v) is 5.14. The van der Waals surface area contributed by atoms with E-state index in [2.05, 4.69) is 26.0 Å². The first-order valence-corrected chi connectivity index (χ1v) is 7.37. The third-order valence-electron chi connectivity index (χ3n) is 3.46. The summed E-state index contributed by atoms with van der Waals surface area (Å²) in [7, 11) is 0. The average molecular weight is 345 g/mol. The Morgan fingerprint density at radius 2 is 1.56 bits per heavy atom. The van der Waals surface area contributed by atoms with Gasteiger partial charge in [0.1, 0.15) is 28.2 Å². The number of nitrogens with zero attached hydrogens (tertiary/aromatic N) is 2. The predicted molar refractivity (Wildman–Crippen MR) is 84.9 cm³/mol. The lowest BCUT2D eigenvalue weighted by atomic mass is 10.2. The number of carbonyl (C=O) groups excluding carboxylic acids is 2. The van der Waals surface area contributed by atoms with Crippen LogP contribution in [-0.4, -0.2) is 40.3 Å². The quantitative estimate of drug-likeness (QED) is 0.609. The van der Waals surface area contributed by atoms with Crippen LogP contribution in [0.15, 0.2) is 36.4 Å². The summed E-state index contributed by atoms with van der Waals surface area (Å²) in [6.45, 7) is 0.113. The Bertz CT molecular complexity index is 921. The number of benzene rings is 2. The van der Waals surface area contributed by atoms with Crippen molar-refractivity contribution in [1.29, 1.82) is 0 Å². The van der Waals surface area contributed by atoms with Gasteiger partial charge in [-0.3, -0.25) is 9.59 Å². The van der Waals surface area contributed by atoms with Gasteiger partial charge >= 0.3 is 0 Å². The minimum absolute atomic E-state index is 0.0184. The number of amides is 2. The van der Waals surface area contributed by atoms with Gasteiger partial charge in [-0.25, -0.2) is 8.78 Å². The van der Waals surface area contributed by atoms with Gasteiger partial charge < -0.3 is 10.6 Å². The van der Waals surface area contributed by atoms with Crippen LogP contribution < -0.4 is 10.6 Å². The zero-order valence-corrected chi connectivity index (χ0v) is 12.8. The van der Waals surface area contributed by atoms with Crippen LogP contribution in [0.2, 0.25) is 0 Å². The van der Waals surface area contributed by atoms with Crippen molar-refractivity contribution in [3.05, 3.63) is 59.2 Å². The summed E-state index contributed by atoms with van der Waals surface area (Å²) in [6.07, 6.45) is 0. The Morgan fingerprint density at radius 3 is 2.28 bits per heavy atom. The Balaban J connectivity index is 1.52. The van der Waals surface area contributed by atoms with Crippen molar-refractivity contribution in [3.8, 4) is 0 Å². The summed E-state index contributed by atoms with van der Waals surface area (Å²) in [6, 6.07) is 7.98. The van der Waals surface area contributed by atoms with Gasteiger partial charge in [0.2, 0.25) is 0 Å². The molecule has 25 heavy (non-hydrogen) atoms. The molecular weight excluding hydrogens is 332 g/mol. The largest absolute Gasteiger partial charge is 0.350 e. The van der Waals surface area contributed by atoms with E-state index in [9.17, 15) is 18.4 Å². The second-order valence-electron chi connectivity index (χ2n) is 5.14. The van der Waals surface area contributed by atoms with Gasteiger partial charge in [0, 0.05) is 18.7 Å². The third-order valence-corrected chi connectivity index (χ3v) is 3.46. The molecule has 0 saturated heterocycles. The monoisotopic (exact) mass is 345 g/mol. The van der Waals surface area contributed by atoms with E-state index in [-0.39, 0.29) is 19.0 Å². The van der Waals surface area contributed by atoms with Gasteiger partial charge in [0.15, 0.2) is 0 Å². The van der Waals surface area contributed by atoms with Crippen molar-refractivity contribution in [3.63, 3.8) is 0 Å². The molecule has 0 fully saturated rings. The van der Waals surface area contributed by atoms with E-state index in [4.69, 9.17) is 0 Å². The molecule has 0 radical (unpaired) electrons. The molecule has 9 heteroatoms. The van der Waals surface area contributed by atoms with Gasteiger partial charge in [-0.15, -0.1) is 0 Å². The predicted octanol–water partition coefficient (Wildman–Crippen LogP) is 1.40. The SMILES string of the molecule is O=C(NCCNC(=O)c1c(F)cccc1F)c1ccc2n[nH]nc2c1.